The molecule has 6 heteroatoms. The van der Waals surface area contributed by atoms with Crippen LogP contribution in [0.2, 0.25) is 0 Å². The van der Waals surface area contributed by atoms with Gasteiger partial charge < -0.3 is 20.3 Å². The highest BCUT2D eigenvalue weighted by atomic mass is 16.5. The van der Waals surface area contributed by atoms with Gasteiger partial charge in [0.05, 0.1) is 25.4 Å². The maximum Gasteiger partial charge on any atom is 0.305 e. The molecule has 0 aliphatic heterocycles. The van der Waals surface area contributed by atoms with Crippen molar-refractivity contribution in [2.24, 2.45) is 0 Å². The number of hydrogen-bond acceptors (Lipinski definition) is 5. The first-order valence-corrected chi connectivity index (χ1v) is 30.1. The fourth-order valence-corrected chi connectivity index (χ4v) is 9.34. The number of rotatable bonds is 56. The lowest BCUT2D eigenvalue weighted by Crippen LogP contribution is -2.45. The molecule has 0 aliphatic carbocycles. The number of aliphatic hydroxyl groups excluding tert-OH is 2. The number of nitrogens with one attached hydrogen (secondary N) is 1. The first kappa shape index (κ1) is 65.3. The van der Waals surface area contributed by atoms with E-state index in [-0.39, 0.29) is 18.5 Å². The number of unbranched alkanes of at least 4 members (excludes halogenated alkanes) is 43. The van der Waals surface area contributed by atoms with Crippen LogP contribution in [0.5, 0.6) is 0 Å². The molecule has 0 spiro atoms. The van der Waals surface area contributed by atoms with E-state index in [4.69, 9.17) is 4.74 Å². The molecule has 0 rings (SSSR count). The Hall–Kier alpha value is -1.66. The highest BCUT2D eigenvalue weighted by Gasteiger charge is 2.18. The van der Waals surface area contributed by atoms with Crippen molar-refractivity contribution in [3.63, 3.8) is 0 Å². The van der Waals surface area contributed by atoms with Gasteiger partial charge in [-0.3, -0.25) is 9.59 Å². The third-order valence-corrected chi connectivity index (χ3v) is 14.0. The number of allylic oxidation sites excluding steroid dienone is 3. The Morgan fingerprint density at radius 2 is 0.701 bits per heavy atom. The second-order valence-electron chi connectivity index (χ2n) is 20.7. The molecule has 0 radical (unpaired) electrons. The van der Waals surface area contributed by atoms with E-state index >= 15 is 0 Å². The van der Waals surface area contributed by atoms with Gasteiger partial charge in [0.25, 0.3) is 0 Å². The minimum atomic E-state index is -0.853. The lowest BCUT2D eigenvalue weighted by atomic mass is 10.0. The van der Waals surface area contributed by atoms with Crippen LogP contribution in [0, 0.1) is 0 Å². The summed E-state index contributed by atoms with van der Waals surface area (Å²) in [6, 6.07) is -0.637. The lowest BCUT2D eigenvalue weighted by molar-refractivity contribution is -0.143. The first-order chi connectivity index (χ1) is 33.0. The summed E-state index contributed by atoms with van der Waals surface area (Å²) in [6.07, 6.45) is 69.2. The lowest BCUT2D eigenvalue weighted by Gasteiger charge is -2.20. The molecular weight excluding hydrogens is 827 g/mol. The normalized spacial score (nSPS) is 12.7. The number of amides is 1. The quantitative estimate of drug-likeness (QED) is 0.0321. The zero-order valence-corrected chi connectivity index (χ0v) is 45.1. The third kappa shape index (κ3) is 53.5. The van der Waals surface area contributed by atoms with Crippen LogP contribution in [0.1, 0.15) is 328 Å². The van der Waals surface area contributed by atoms with E-state index in [9.17, 15) is 19.8 Å². The number of carbonyl (C=O) groups excluding carboxylic acids is 2. The summed E-state index contributed by atoms with van der Waals surface area (Å²) in [5.41, 5.74) is 0. The fourth-order valence-electron chi connectivity index (χ4n) is 9.34. The van der Waals surface area contributed by atoms with E-state index in [0.29, 0.717) is 19.4 Å². The Labute approximate surface area is 418 Å². The summed E-state index contributed by atoms with van der Waals surface area (Å²) in [7, 11) is 0. The average molecular weight is 945 g/mol. The van der Waals surface area contributed by atoms with Gasteiger partial charge in [0.15, 0.2) is 0 Å². The molecule has 396 valence electrons. The van der Waals surface area contributed by atoms with Crippen LogP contribution in [-0.4, -0.2) is 47.4 Å². The van der Waals surface area contributed by atoms with E-state index in [0.717, 1.165) is 57.8 Å². The van der Waals surface area contributed by atoms with Crippen LogP contribution >= 0.6 is 0 Å². The summed E-state index contributed by atoms with van der Waals surface area (Å²) >= 11 is 0. The Bertz CT molecular complexity index is 1040. The summed E-state index contributed by atoms with van der Waals surface area (Å²) in [5, 5.41) is 23.2. The molecule has 67 heavy (non-hydrogen) atoms. The molecule has 0 saturated heterocycles. The molecule has 0 saturated carbocycles. The van der Waals surface area contributed by atoms with Crippen molar-refractivity contribution in [3.8, 4) is 0 Å². The van der Waals surface area contributed by atoms with Crippen molar-refractivity contribution < 1.29 is 24.5 Å². The molecule has 0 aromatic carbocycles. The molecule has 6 nitrogen and oxygen atoms in total. The van der Waals surface area contributed by atoms with Gasteiger partial charge in [-0.2, -0.15) is 0 Å². The Morgan fingerprint density at radius 1 is 0.403 bits per heavy atom. The molecule has 0 aromatic heterocycles. The predicted octanol–water partition coefficient (Wildman–Crippen LogP) is 18.6. The van der Waals surface area contributed by atoms with Gasteiger partial charge in [0, 0.05) is 12.8 Å². The molecule has 0 fully saturated rings. The molecule has 0 aliphatic rings. The molecule has 0 bridgehead atoms. The molecule has 1 amide bonds. The van der Waals surface area contributed by atoms with Crippen molar-refractivity contribution in [2.75, 3.05) is 13.2 Å². The Kier molecular flexibility index (Phi) is 55.5. The van der Waals surface area contributed by atoms with Gasteiger partial charge in [-0.25, -0.2) is 0 Å². The van der Waals surface area contributed by atoms with E-state index in [1.165, 1.54) is 244 Å². The number of carbonyl (C=O) groups is 2. The van der Waals surface area contributed by atoms with Crippen LogP contribution in [0.3, 0.4) is 0 Å². The minimum Gasteiger partial charge on any atom is -0.466 e. The molecule has 0 aromatic rings. The molecule has 2 unspecified atom stereocenters. The topological polar surface area (TPSA) is 95.9 Å². The third-order valence-electron chi connectivity index (χ3n) is 14.0. The number of esters is 1. The van der Waals surface area contributed by atoms with Gasteiger partial charge in [0.1, 0.15) is 0 Å². The van der Waals surface area contributed by atoms with Gasteiger partial charge in [-0.1, -0.05) is 282 Å². The first-order valence-electron chi connectivity index (χ1n) is 30.1. The molecule has 2 atom stereocenters. The van der Waals surface area contributed by atoms with Crippen molar-refractivity contribution in [1.82, 2.24) is 5.32 Å². The van der Waals surface area contributed by atoms with Crippen molar-refractivity contribution in [1.29, 1.82) is 0 Å². The van der Waals surface area contributed by atoms with Crippen molar-refractivity contribution in [3.05, 3.63) is 24.3 Å². The largest absolute Gasteiger partial charge is 0.466 e. The average Bonchev–Trinajstić information content (AvgIpc) is 3.33. The van der Waals surface area contributed by atoms with E-state index < -0.39 is 12.1 Å². The Balaban J connectivity index is 3.49. The monoisotopic (exact) mass is 944 g/mol. The predicted molar refractivity (Wildman–Crippen MR) is 292 cm³/mol. The fraction of sp³-hybridized carbons (Fsp3) is 0.902. The zero-order chi connectivity index (χ0) is 48.6. The van der Waals surface area contributed by atoms with Crippen molar-refractivity contribution >= 4 is 11.9 Å². The number of hydrogen-bond donors (Lipinski definition) is 3. The second-order valence-corrected chi connectivity index (χ2v) is 20.7. The number of ether oxygens (including phenoxy) is 1. The smallest absolute Gasteiger partial charge is 0.305 e. The second kappa shape index (κ2) is 56.9. The molecule has 0 heterocycles. The number of aliphatic hydroxyl groups is 2. The van der Waals surface area contributed by atoms with E-state index in [1.54, 1.807) is 6.08 Å². The summed E-state index contributed by atoms with van der Waals surface area (Å²) in [5.74, 6) is -0.0788. The van der Waals surface area contributed by atoms with Crippen LogP contribution in [0.4, 0.5) is 0 Å². The van der Waals surface area contributed by atoms with Crippen LogP contribution in [-0.2, 0) is 14.3 Å². The van der Waals surface area contributed by atoms with Crippen molar-refractivity contribution in [2.45, 2.75) is 341 Å². The molecular formula is C61H117NO5. The SMILES string of the molecule is CCCCCCCCCCCCCCCCCCCCC/C=C/C(O)C(CO)NC(=O)CCCCCCCCC/C=C\CCCCCCCCOC(=O)CCCCCCCCCCCCCC. The van der Waals surface area contributed by atoms with Gasteiger partial charge >= 0.3 is 5.97 Å². The highest BCUT2D eigenvalue weighted by molar-refractivity contribution is 5.76. The maximum atomic E-state index is 12.5. The highest BCUT2D eigenvalue weighted by Crippen LogP contribution is 2.17. The van der Waals surface area contributed by atoms with E-state index in [1.807, 2.05) is 6.08 Å². The summed E-state index contributed by atoms with van der Waals surface area (Å²) < 4.78 is 5.46. The minimum absolute atomic E-state index is 0.00166. The molecule has 3 N–H and O–H groups in total. The van der Waals surface area contributed by atoms with Gasteiger partial charge in [0.2, 0.25) is 5.91 Å². The van der Waals surface area contributed by atoms with Crippen LogP contribution in [0.25, 0.3) is 0 Å². The zero-order valence-electron chi connectivity index (χ0n) is 45.1. The van der Waals surface area contributed by atoms with E-state index in [2.05, 4.69) is 31.3 Å². The van der Waals surface area contributed by atoms with Gasteiger partial charge in [-0.15, -0.1) is 0 Å². The van der Waals surface area contributed by atoms with Crippen LogP contribution < -0.4 is 5.32 Å². The Morgan fingerprint density at radius 3 is 1.06 bits per heavy atom. The summed E-state index contributed by atoms with van der Waals surface area (Å²) in [4.78, 5) is 24.5. The maximum absolute atomic E-state index is 12.5. The van der Waals surface area contributed by atoms with Crippen LogP contribution in [0.15, 0.2) is 24.3 Å². The van der Waals surface area contributed by atoms with Gasteiger partial charge in [-0.05, 0) is 57.8 Å². The standard InChI is InChI=1S/C61H117NO5/c1-3-5-7-9-11-13-15-17-18-19-20-21-22-24-27-30-33-37-41-45-49-53-59(64)58(57-63)62-60(65)54-50-46-42-38-34-31-28-25-23-26-29-32-36-40-44-48-52-56-67-61(66)55-51-47-43-39-35-16-14-12-10-8-6-4-2/h23,26,49,53,58-59,63-64H,3-22,24-25,27-48,50-52,54-57H2,1-2H3,(H,62,65)/b26-23-,53-49+. The summed E-state index contributed by atoms with van der Waals surface area (Å²) in [6.45, 7) is 4.90.